The zero-order valence-electron chi connectivity index (χ0n) is 23.1. The molecule has 3 heterocycles. The fourth-order valence-corrected chi connectivity index (χ4v) is 4.31. The topological polar surface area (TPSA) is 93.3 Å². The normalized spacial score (nSPS) is 12.4. The molecule has 0 saturated heterocycles. The van der Waals surface area contributed by atoms with Crippen LogP contribution in [0.1, 0.15) is 30.8 Å². The first-order valence-electron chi connectivity index (χ1n) is 13.2. The molecule has 0 spiro atoms. The van der Waals surface area contributed by atoms with Crippen LogP contribution in [0.4, 0.5) is 13.2 Å². The third-order valence-electron chi connectivity index (χ3n) is 6.58. The van der Waals surface area contributed by atoms with Gasteiger partial charge in [-0.25, -0.2) is 9.78 Å². The van der Waals surface area contributed by atoms with E-state index >= 15 is 0 Å². The van der Waals surface area contributed by atoms with E-state index in [-0.39, 0.29) is 29.3 Å². The maximum absolute atomic E-state index is 13.6. The van der Waals surface area contributed by atoms with Crippen molar-refractivity contribution < 1.29 is 27.4 Å². The summed E-state index contributed by atoms with van der Waals surface area (Å²) in [5.74, 6) is 0.614. The quantitative estimate of drug-likeness (QED) is 0.196. The van der Waals surface area contributed by atoms with E-state index < -0.39 is 18.0 Å². The van der Waals surface area contributed by atoms with Crippen molar-refractivity contribution in [3.63, 3.8) is 0 Å². The fraction of sp³-hybridized carbons (Fsp3) is 0.267. The highest BCUT2D eigenvalue weighted by molar-refractivity contribution is 5.94. The van der Waals surface area contributed by atoms with Crippen molar-refractivity contribution >= 4 is 10.8 Å². The molecule has 9 nitrogen and oxygen atoms in total. The predicted octanol–water partition coefficient (Wildman–Crippen LogP) is 6.14. The smallest absolute Gasteiger partial charge is 0.425 e. The summed E-state index contributed by atoms with van der Waals surface area (Å²) in [4.78, 5) is 21.7. The summed E-state index contributed by atoms with van der Waals surface area (Å²) in [5.41, 5.74) is 1.46. The summed E-state index contributed by atoms with van der Waals surface area (Å²) in [6.07, 6.45) is -2.26. The van der Waals surface area contributed by atoms with Crippen LogP contribution in [-0.2, 0) is 24.5 Å². The van der Waals surface area contributed by atoms with Crippen LogP contribution in [0.5, 0.6) is 17.4 Å². The second-order valence-electron chi connectivity index (χ2n) is 9.54. The first kappa shape index (κ1) is 28.8. The van der Waals surface area contributed by atoms with Crippen LogP contribution in [0, 0.1) is 6.92 Å². The molecule has 0 amide bonds. The molecular weight excluding hydrogens is 551 g/mol. The Hall–Kier alpha value is -4.71. The third kappa shape index (κ3) is 6.13. The van der Waals surface area contributed by atoms with Crippen LogP contribution >= 0.6 is 0 Å². The molecule has 2 aromatic carbocycles. The summed E-state index contributed by atoms with van der Waals surface area (Å²) in [6.45, 7) is 5.20. The second kappa shape index (κ2) is 12.0. The Bertz CT molecular complexity index is 1750. The lowest BCUT2D eigenvalue weighted by atomic mass is 10.1. The molecule has 0 radical (unpaired) electrons. The third-order valence-corrected chi connectivity index (χ3v) is 6.58. The summed E-state index contributed by atoms with van der Waals surface area (Å²) in [6, 6.07) is 15.8. The molecule has 0 unspecified atom stereocenters. The van der Waals surface area contributed by atoms with E-state index in [2.05, 4.69) is 15.1 Å². The number of hydrogen-bond donors (Lipinski definition) is 0. The zero-order chi connectivity index (χ0) is 29.9. The average Bonchev–Trinajstić information content (AvgIpc) is 3.29. The molecule has 0 bridgehead atoms. The van der Waals surface area contributed by atoms with Crippen molar-refractivity contribution in [2.45, 2.75) is 52.8 Å². The van der Waals surface area contributed by atoms with Crippen molar-refractivity contribution in [1.82, 2.24) is 24.3 Å². The first-order valence-corrected chi connectivity index (χ1v) is 13.2. The highest BCUT2D eigenvalue weighted by Crippen LogP contribution is 2.39. The van der Waals surface area contributed by atoms with Crippen LogP contribution < -0.4 is 15.2 Å². The number of pyridine rings is 2. The maximum Gasteiger partial charge on any atom is 0.425 e. The number of alkyl halides is 3. The van der Waals surface area contributed by atoms with Gasteiger partial charge < -0.3 is 14.2 Å². The molecular formula is C30H28F3N5O4. The molecule has 0 fully saturated rings. The number of aryl methyl sites for hydroxylation is 1. The molecule has 5 rings (SSSR count). The number of benzene rings is 2. The monoisotopic (exact) mass is 579 g/mol. The van der Waals surface area contributed by atoms with E-state index in [1.54, 1.807) is 38.2 Å². The van der Waals surface area contributed by atoms with E-state index in [4.69, 9.17) is 14.2 Å². The van der Waals surface area contributed by atoms with Gasteiger partial charge in [0.15, 0.2) is 17.7 Å². The van der Waals surface area contributed by atoms with Gasteiger partial charge in [0.05, 0.1) is 23.9 Å². The number of nitrogens with zero attached hydrogens (tertiary/aromatic N) is 5. The molecule has 12 heteroatoms. The average molecular weight is 580 g/mol. The number of halogens is 3. The zero-order valence-corrected chi connectivity index (χ0v) is 23.1. The number of hydrogen-bond acceptors (Lipinski definition) is 7. The molecule has 1 atom stereocenters. The molecule has 0 saturated carbocycles. The fourth-order valence-electron chi connectivity index (χ4n) is 4.31. The van der Waals surface area contributed by atoms with E-state index in [0.29, 0.717) is 30.1 Å². The Kier molecular flexibility index (Phi) is 8.25. The Morgan fingerprint density at radius 2 is 1.79 bits per heavy atom. The summed E-state index contributed by atoms with van der Waals surface area (Å²) in [5, 5.41) is 5.11. The minimum absolute atomic E-state index is 0.0287. The van der Waals surface area contributed by atoms with Gasteiger partial charge in [-0.15, -0.1) is 5.10 Å². The Labute approximate surface area is 239 Å². The highest BCUT2D eigenvalue weighted by Gasteiger charge is 2.38. The van der Waals surface area contributed by atoms with Crippen molar-refractivity contribution in [3.8, 4) is 23.1 Å². The van der Waals surface area contributed by atoms with Gasteiger partial charge in [0.2, 0.25) is 5.88 Å². The maximum atomic E-state index is 13.6. The van der Waals surface area contributed by atoms with Gasteiger partial charge >= 0.3 is 11.9 Å². The van der Waals surface area contributed by atoms with Crippen LogP contribution in [0.25, 0.3) is 16.5 Å². The van der Waals surface area contributed by atoms with E-state index in [1.165, 1.54) is 23.0 Å². The van der Waals surface area contributed by atoms with E-state index in [9.17, 15) is 18.0 Å². The number of rotatable bonds is 10. The minimum atomic E-state index is -4.64. The summed E-state index contributed by atoms with van der Waals surface area (Å²) in [7, 11) is 0. The van der Waals surface area contributed by atoms with Crippen molar-refractivity contribution in [2.24, 2.45) is 0 Å². The molecule has 42 heavy (non-hydrogen) atoms. The van der Waals surface area contributed by atoms with Crippen LogP contribution in [0.2, 0.25) is 0 Å². The van der Waals surface area contributed by atoms with Crippen LogP contribution in [0.15, 0.2) is 78.0 Å². The van der Waals surface area contributed by atoms with E-state index in [1.807, 2.05) is 30.3 Å². The molecule has 0 N–H and O–H groups in total. The molecule has 3 aromatic heterocycles. The van der Waals surface area contributed by atoms with Crippen LogP contribution in [-0.4, -0.2) is 36.6 Å². The standard InChI is InChI=1S/C30H28F3N5O4/c1-4-37-26(18-40-17-21-8-6-5-7-9-21)36-38(29(37)39)23-14-22-11-13-35-28(42-25-16-34-12-10-19(25)2)27(22)24(15-23)41-20(3)30(31,32)33/h5-16,20H,4,17-18H2,1-3H3/t20-/m0/s1. The number of aromatic nitrogens is 5. The molecule has 0 aliphatic heterocycles. The van der Waals surface area contributed by atoms with Gasteiger partial charge in [-0.05, 0) is 55.5 Å². The lowest BCUT2D eigenvalue weighted by Crippen LogP contribution is -2.31. The Morgan fingerprint density at radius 1 is 1.00 bits per heavy atom. The van der Waals surface area contributed by atoms with Gasteiger partial charge in [-0.2, -0.15) is 17.9 Å². The molecule has 218 valence electrons. The molecule has 5 aromatic rings. The van der Waals surface area contributed by atoms with Crippen molar-refractivity contribution in [3.05, 3.63) is 101 Å². The van der Waals surface area contributed by atoms with Gasteiger partial charge in [0.1, 0.15) is 12.4 Å². The lowest BCUT2D eigenvalue weighted by molar-refractivity contribution is -0.189. The first-order chi connectivity index (χ1) is 20.2. The SMILES string of the molecule is CCn1c(COCc2ccccc2)nn(-c2cc(O[C@@H](C)C(F)(F)F)c3c(Oc4cnccc4C)nccc3c2)c1=O. The number of ether oxygens (including phenoxy) is 3. The molecule has 0 aliphatic carbocycles. The predicted molar refractivity (Wildman–Crippen MR) is 149 cm³/mol. The Morgan fingerprint density at radius 3 is 2.50 bits per heavy atom. The largest absolute Gasteiger partial charge is 0.480 e. The van der Waals surface area contributed by atoms with Gasteiger partial charge in [-0.1, -0.05) is 30.3 Å². The van der Waals surface area contributed by atoms with Gasteiger partial charge in [0.25, 0.3) is 0 Å². The lowest BCUT2D eigenvalue weighted by Gasteiger charge is -2.20. The van der Waals surface area contributed by atoms with Crippen molar-refractivity contribution in [1.29, 1.82) is 0 Å². The summed E-state index contributed by atoms with van der Waals surface area (Å²) < 4.78 is 60.6. The van der Waals surface area contributed by atoms with Gasteiger partial charge in [0, 0.05) is 25.0 Å². The minimum Gasteiger partial charge on any atom is -0.480 e. The second-order valence-corrected chi connectivity index (χ2v) is 9.54. The molecule has 0 aliphatic rings. The van der Waals surface area contributed by atoms with E-state index in [0.717, 1.165) is 22.7 Å². The highest BCUT2D eigenvalue weighted by atomic mass is 19.4. The summed E-state index contributed by atoms with van der Waals surface area (Å²) >= 11 is 0. The Balaban J connectivity index is 1.57. The number of fused-ring (bicyclic) bond motifs is 1. The van der Waals surface area contributed by atoms with Crippen molar-refractivity contribution in [2.75, 3.05) is 0 Å². The van der Waals surface area contributed by atoms with Crippen LogP contribution in [0.3, 0.4) is 0 Å². The van der Waals surface area contributed by atoms with Gasteiger partial charge in [-0.3, -0.25) is 9.55 Å².